The number of carbonyl (C=O) groups is 2. The van der Waals surface area contributed by atoms with Crippen LogP contribution in [0, 0.1) is 5.92 Å². The molecule has 6 nitrogen and oxygen atoms in total. The number of amides is 2. The summed E-state index contributed by atoms with van der Waals surface area (Å²) in [4.78, 5) is 32.0. The summed E-state index contributed by atoms with van der Waals surface area (Å²) in [5, 5.41) is 11.5. The molecule has 2 aliphatic heterocycles. The molecule has 2 amide bonds. The molecule has 0 bridgehead atoms. The molecule has 1 saturated carbocycles. The zero-order valence-corrected chi connectivity index (χ0v) is 19.9. The van der Waals surface area contributed by atoms with Gasteiger partial charge >= 0.3 is 6.03 Å². The number of halogens is 2. The first-order valence-electron chi connectivity index (χ1n) is 11.1. The second-order valence-corrected chi connectivity index (χ2v) is 8.93. The molecule has 3 fully saturated rings. The van der Waals surface area contributed by atoms with Crippen LogP contribution in [0.25, 0.3) is 0 Å². The molecule has 0 aromatic heterocycles. The molecule has 1 aromatic rings. The van der Waals surface area contributed by atoms with Crippen LogP contribution >= 0.6 is 24.8 Å². The monoisotopic (exact) mass is 471 g/mol. The molecule has 8 heteroatoms. The maximum atomic E-state index is 13.4. The summed E-state index contributed by atoms with van der Waals surface area (Å²) in [6.07, 6.45) is 5.04. The average Bonchev–Trinajstić information content (AvgIpc) is 3.23. The minimum atomic E-state index is -1.40. The first-order valence-corrected chi connectivity index (χ1v) is 11.1. The lowest BCUT2D eigenvalue weighted by molar-refractivity contribution is -0.151. The van der Waals surface area contributed by atoms with Gasteiger partial charge in [-0.1, -0.05) is 36.8 Å². The number of hydrogen-bond acceptors (Lipinski definition) is 4. The lowest BCUT2D eigenvalue weighted by Gasteiger charge is -2.44. The third kappa shape index (κ3) is 5.19. The van der Waals surface area contributed by atoms with E-state index in [4.69, 9.17) is 0 Å². The zero-order valence-electron chi connectivity index (χ0n) is 18.2. The highest BCUT2D eigenvalue weighted by Crippen LogP contribution is 2.43. The van der Waals surface area contributed by atoms with Crippen molar-refractivity contribution in [3.8, 4) is 0 Å². The molecule has 2 heterocycles. The van der Waals surface area contributed by atoms with Crippen molar-refractivity contribution in [2.24, 2.45) is 5.92 Å². The predicted octanol–water partition coefficient (Wildman–Crippen LogP) is 3.31. The Balaban J connectivity index is 0.00000171. The zero-order chi connectivity index (χ0) is 20.4. The van der Waals surface area contributed by atoms with Crippen molar-refractivity contribution >= 4 is 36.6 Å². The van der Waals surface area contributed by atoms with E-state index in [9.17, 15) is 14.7 Å². The normalized spacial score (nSPS) is 23.9. The quantitative estimate of drug-likeness (QED) is 0.715. The van der Waals surface area contributed by atoms with Gasteiger partial charge in [0.05, 0.1) is 6.54 Å². The molecular formula is C23H35Cl2N3O3. The molecule has 1 aliphatic carbocycles. The van der Waals surface area contributed by atoms with Crippen LogP contribution in [0.3, 0.4) is 0 Å². The lowest BCUT2D eigenvalue weighted by Crippen LogP contribution is -2.59. The van der Waals surface area contributed by atoms with Crippen LogP contribution in [-0.2, 0) is 10.4 Å². The first-order chi connectivity index (χ1) is 14.0. The number of Topliss-reactive ketones (excluding diaryl/α,β-unsaturated/α-hetero) is 1. The second-order valence-electron chi connectivity index (χ2n) is 8.93. The van der Waals surface area contributed by atoms with Gasteiger partial charge in [-0.3, -0.25) is 9.69 Å². The van der Waals surface area contributed by atoms with Gasteiger partial charge in [0, 0.05) is 38.8 Å². The number of hydrogen-bond donors (Lipinski definition) is 1. The van der Waals surface area contributed by atoms with Crippen LogP contribution in [0.4, 0.5) is 4.79 Å². The van der Waals surface area contributed by atoms with Crippen LogP contribution < -0.4 is 0 Å². The fraction of sp³-hybridized carbons (Fsp3) is 0.652. The topological polar surface area (TPSA) is 64.1 Å². The van der Waals surface area contributed by atoms with E-state index in [1.807, 2.05) is 40.1 Å². The maximum absolute atomic E-state index is 13.4. The summed E-state index contributed by atoms with van der Waals surface area (Å²) in [7, 11) is 0. The summed E-state index contributed by atoms with van der Waals surface area (Å²) in [5.41, 5.74) is -0.688. The Labute approximate surface area is 197 Å². The first kappa shape index (κ1) is 25.9. The van der Waals surface area contributed by atoms with Crippen LogP contribution in [-0.4, -0.2) is 76.9 Å². The van der Waals surface area contributed by atoms with Crippen LogP contribution in [0.15, 0.2) is 30.3 Å². The van der Waals surface area contributed by atoms with Gasteiger partial charge in [0.1, 0.15) is 0 Å². The van der Waals surface area contributed by atoms with E-state index in [1.165, 1.54) is 0 Å². The summed E-state index contributed by atoms with van der Waals surface area (Å²) >= 11 is 0. The predicted molar refractivity (Wildman–Crippen MR) is 126 cm³/mol. The van der Waals surface area contributed by atoms with Crippen molar-refractivity contribution in [1.29, 1.82) is 0 Å². The number of likely N-dealkylation sites (tertiary alicyclic amines) is 1. The van der Waals surface area contributed by atoms with Gasteiger partial charge in [0.15, 0.2) is 11.4 Å². The Morgan fingerprint density at radius 1 is 0.968 bits per heavy atom. The third-order valence-electron chi connectivity index (χ3n) is 7.09. The smallest absolute Gasteiger partial charge is 0.320 e. The van der Waals surface area contributed by atoms with Gasteiger partial charge in [-0.2, -0.15) is 0 Å². The number of nitrogens with zero attached hydrogens (tertiary/aromatic N) is 3. The molecule has 2 unspecified atom stereocenters. The van der Waals surface area contributed by atoms with Gasteiger partial charge in [0.2, 0.25) is 0 Å². The Morgan fingerprint density at radius 3 is 2.16 bits per heavy atom. The van der Waals surface area contributed by atoms with E-state index in [1.54, 1.807) is 0 Å². The molecule has 1 aromatic carbocycles. The number of urea groups is 1. The van der Waals surface area contributed by atoms with Gasteiger partial charge in [0.25, 0.3) is 0 Å². The van der Waals surface area contributed by atoms with E-state index < -0.39 is 5.60 Å². The largest absolute Gasteiger partial charge is 0.377 e. The molecule has 1 N–H and O–H groups in total. The molecule has 2 atom stereocenters. The van der Waals surface area contributed by atoms with Crippen LogP contribution in [0.1, 0.15) is 44.6 Å². The Bertz CT molecular complexity index is 741. The van der Waals surface area contributed by atoms with E-state index in [0.29, 0.717) is 25.2 Å². The third-order valence-corrected chi connectivity index (χ3v) is 7.09. The van der Waals surface area contributed by atoms with Gasteiger partial charge in [-0.15, -0.1) is 24.8 Å². The van der Waals surface area contributed by atoms with E-state index >= 15 is 0 Å². The van der Waals surface area contributed by atoms with E-state index in [2.05, 4.69) is 11.8 Å². The Kier molecular flexibility index (Phi) is 9.19. The molecule has 31 heavy (non-hydrogen) atoms. The molecule has 174 valence electrons. The number of benzene rings is 1. The lowest BCUT2D eigenvalue weighted by atomic mass is 9.67. The van der Waals surface area contributed by atoms with E-state index in [0.717, 1.165) is 45.2 Å². The minimum Gasteiger partial charge on any atom is -0.377 e. The highest BCUT2D eigenvalue weighted by atomic mass is 35.5. The average molecular weight is 472 g/mol. The molecule has 2 saturated heterocycles. The Hall–Kier alpha value is -1.34. The summed E-state index contributed by atoms with van der Waals surface area (Å²) in [6.45, 7) is 5.96. The SMILES string of the molecule is CC1CN(C(=O)N2CCCC2)CCN1CC(=O)C(O)(c1ccccc1)C1CCC1.Cl.Cl. The van der Waals surface area contributed by atoms with Crippen LogP contribution in [0.5, 0.6) is 0 Å². The van der Waals surface area contributed by atoms with Crippen LogP contribution in [0.2, 0.25) is 0 Å². The molecule has 4 rings (SSSR count). The highest BCUT2D eigenvalue weighted by molar-refractivity contribution is 5.90. The summed E-state index contributed by atoms with van der Waals surface area (Å²) in [6, 6.07) is 9.65. The number of ketones is 1. The number of carbonyl (C=O) groups excluding carboxylic acids is 2. The Morgan fingerprint density at radius 2 is 1.61 bits per heavy atom. The number of aliphatic hydroxyl groups is 1. The molecule has 3 aliphatic rings. The summed E-state index contributed by atoms with van der Waals surface area (Å²) in [5.74, 6) is -0.106. The number of piperazine rings is 1. The fourth-order valence-corrected chi connectivity index (χ4v) is 4.96. The van der Waals surface area contributed by atoms with E-state index in [-0.39, 0.29) is 55.1 Å². The highest BCUT2D eigenvalue weighted by Gasteiger charge is 2.48. The minimum absolute atomic E-state index is 0. The van der Waals surface area contributed by atoms with Crippen molar-refractivity contribution in [3.63, 3.8) is 0 Å². The van der Waals surface area contributed by atoms with Gasteiger partial charge < -0.3 is 14.9 Å². The van der Waals surface area contributed by atoms with Crippen molar-refractivity contribution in [2.45, 2.75) is 50.7 Å². The maximum Gasteiger partial charge on any atom is 0.320 e. The molecule has 0 radical (unpaired) electrons. The molecular weight excluding hydrogens is 437 g/mol. The second kappa shape index (κ2) is 11.0. The summed E-state index contributed by atoms with van der Waals surface area (Å²) < 4.78 is 0. The van der Waals surface area contributed by atoms with Gasteiger partial charge in [-0.25, -0.2) is 4.79 Å². The van der Waals surface area contributed by atoms with Crippen molar-refractivity contribution in [2.75, 3.05) is 39.3 Å². The standard InChI is InChI=1S/C23H33N3O3.2ClH/c1-18-16-26(22(28)24-12-5-6-13-24)15-14-25(18)17-21(27)23(29,20-10-7-11-20)19-8-3-2-4-9-19;;/h2-4,8-9,18,20,29H,5-7,10-17H2,1H3;2*1H. The van der Waals surface area contributed by atoms with Crippen molar-refractivity contribution < 1.29 is 14.7 Å². The molecule has 0 spiro atoms. The van der Waals surface area contributed by atoms with Crippen molar-refractivity contribution in [1.82, 2.24) is 14.7 Å². The number of rotatable bonds is 5. The van der Waals surface area contributed by atoms with Crippen molar-refractivity contribution in [3.05, 3.63) is 35.9 Å². The fourth-order valence-electron chi connectivity index (χ4n) is 4.96. The van der Waals surface area contributed by atoms with Gasteiger partial charge in [-0.05, 0) is 44.1 Å².